The van der Waals surface area contributed by atoms with Gasteiger partial charge in [0.15, 0.2) is 0 Å². The molecule has 1 saturated heterocycles. The number of rotatable bonds is 5. The number of aromatic nitrogens is 1. The van der Waals surface area contributed by atoms with Gasteiger partial charge in [-0.2, -0.15) is 0 Å². The number of carbonyl (C=O) groups is 2. The second kappa shape index (κ2) is 6.42. The van der Waals surface area contributed by atoms with Crippen molar-refractivity contribution in [2.24, 2.45) is 13.0 Å². The molecular weight excluding hydrogens is 280 g/mol. The Balaban J connectivity index is 1.46. The van der Waals surface area contributed by atoms with Crippen LogP contribution < -0.4 is 10.6 Å². The van der Waals surface area contributed by atoms with Crippen molar-refractivity contribution in [2.45, 2.75) is 31.7 Å². The highest BCUT2D eigenvalue weighted by Crippen LogP contribution is 2.31. The van der Waals surface area contributed by atoms with E-state index in [-0.39, 0.29) is 23.9 Å². The van der Waals surface area contributed by atoms with Gasteiger partial charge in [0, 0.05) is 44.5 Å². The molecule has 1 atom stereocenters. The summed E-state index contributed by atoms with van der Waals surface area (Å²) < 4.78 is 2.08. The minimum atomic E-state index is -0.0376. The van der Waals surface area contributed by atoms with Crippen LogP contribution in [0.4, 0.5) is 4.79 Å². The predicted octanol–water partition coefficient (Wildman–Crippen LogP) is 1.40. The van der Waals surface area contributed by atoms with E-state index in [1.807, 2.05) is 24.2 Å². The molecule has 2 heterocycles. The standard InChI is InChI=1S/C16H24N4O2/c1-19-10-2-4-13(19)14-5-3-11-20(14)16(22)18-9-8-17-15(21)12-6-7-12/h2,4,10,12,14H,3,5-9,11H2,1H3,(H,17,21)(H,18,22). The van der Waals surface area contributed by atoms with Crippen LogP contribution in [0.25, 0.3) is 0 Å². The highest BCUT2D eigenvalue weighted by atomic mass is 16.2. The lowest BCUT2D eigenvalue weighted by molar-refractivity contribution is -0.122. The number of nitrogens with zero attached hydrogens (tertiary/aromatic N) is 2. The molecule has 1 saturated carbocycles. The van der Waals surface area contributed by atoms with Crippen molar-refractivity contribution in [3.05, 3.63) is 24.0 Å². The van der Waals surface area contributed by atoms with Gasteiger partial charge in [0.05, 0.1) is 6.04 Å². The Morgan fingerprint density at radius 1 is 1.23 bits per heavy atom. The van der Waals surface area contributed by atoms with E-state index in [2.05, 4.69) is 21.3 Å². The molecule has 2 N–H and O–H groups in total. The van der Waals surface area contributed by atoms with Crippen molar-refractivity contribution in [1.29, 1.82) is 0 Å². The zero-order valence-corrected chi connectivity index (χ0v) is 13.0. The second-order valence-corrected chi connectivity index (χ2v) is 6.19. The summed E-state index contributed by atoms with van der Waals surface area (Å²) in [6.07, 6.45) is 6.05. The van der Waals surface area contributed by atoms with E-state index in [1.54, 1.807) is 0 Å². The van der Waals surface area contributed by atoms with Crippen molar-refractivity contribution in [1.82, 2.24) is 20.1 Å². The van der Waals surface area contributed by atoms with Crippen molar-refractivity contribution in [3.8, 4) is 0 Å². The number of hydrogen-bond donors (Lipinski definition) is 2. The Kier molecular flexibility index (Phi) is 4.36. The molecule has 120 valence electrons. The van der Waals surface area contributed by atoms with Gasteiger partial charge in [0.1, 0.15) is 0 Å². The molecule has 2 fully saturated rings. The topological polar surface area (TPSA) is 66.4 Å². The molecule has 1 aromatic rings. The molecule has 0 radical (unpaired) electrons. The molecule has 1 unspecified atom stereocenters. The quantitative estimate of drug-likeness (QED) is 0.808. The van der Waals surface area contributed by atoms with E-state index in [0.29, 0.717) is 13.1 Å². The Morgan fingerprint density at radius 3 is 2.68 bits per heavy atom. The third-order valence-corrected chi connectivity index (χ3v) is 4.49. The summed E-state index contributed by atoms with van der Waals surface area (Å²) in [5.74, 6) is 0.341. The highest BCUT2D eigenvalue weighted by Gasteiger charge is 2.31. The van der Waals surface area contributed by atoms with Crippen LogP contribution in [0.2, 0.25) is 0 Å². The Bertz CT molecular complexity index is 550. The van der Waals surface area contributed by atoms with Gasteiger partial charge in [-0.3, -0.25) is 4.79 Å². The van der Waals surface area contributed by atoms with Crippen molar-refractivity contribution >= 4 is 11.9 Å². The molecule has 1 aliphatic carbocycles. The molecule has 2 aliphatic rings. The summed E-state index contributed by atoms with van der Waals surface area (Å²) in [4.78, 5) is 25.8. The van der Waals surface area contributed by atoms with Crippen LogP contribution in [0.15, 0.2) is 18.3 Å². The number of amides is 3. The van der Waals surface area contributed by atoms with Gasteiger partial charge in [0.25, 0.3) is 0 Å². The molecule has 1 aliphatic heterocycles. The number of nitrogens with one attached hydrogen (secondary N) is 2. The maximum Gasteiger partial charge on any atom is 0.318 e. The number of hydrogen-bond acceptors (Lipinski definition) is 2. The predicted molar refractivity (Wildman–Crippen MR) is 83.2 cm³/mol. The fourth-order valence-electron chi connectivity index (χ4n) is 3.08. The molecule has 6 heteroatoms. The number of aryl methyl sites for hydroxylation is 1. The lowest BCUT2D eigenvalue weighted by Gasteiger charge is -2.25. The first kappa shape index (κ1) is 14.9. The van der Waals surface area contributed by atoms with Gasteiger partial charge < -0.3 is 20.1 Å². The van der Waals surface area contributed by atoms with Crippen LogP contribution >= 0.6 is 0 Å². The molecule has 0 aromatic carbocycles. The fourth-order valence-corrected chi connectivity index (χ4v) is 3.08. The first-order chi connectivity index (χ1) is 10.7. The molecule has 3 amide bonds. The highest BCUT2D eigenvalue weighted by molar-refractivity contribution is 5.81. The summed E-state index contributed by atoms with van der Waals surface area (Å²) >= 11 is 0. The van der Waals surface area contributed by atoms with Gasteiger partial charge >= 0.3 is 6.03 Å². The Labute approximate surface area is 130 Å². The second-order valence-electron chi connectivity index (χ2n) is 6.19. The van der Waals surface area contributed by atoms with Crippen molar-refractivity contribution in [3.63, 3.8) is 0 Å². The molecular formula is C16H24N4O2. The van der Waals surface area contributed by atoms with Crippen LogP contribution in [-0.2, 0) is 11.8 Å². The zero-order valence-electron chi connectivity index (χ0n) is 13.0. The summed E-state index contributed by atoms with van der Waals surface area (Å²) in [6, 6.07) is 4.20. The smallest absolute Gasteiger partial charge is 0.318 e. The molecule has 22 heavy (non-hydrogen) atoms. The van der Waals surface area contributed by atoms with Gasteiger partial charge in [-0.15, -0.1) is 0 Å². The lowest BCUT2D eigenvalue weighted by atomic mass is 10.1. The zero-order chi connectivity index (χ0) is 15.5. The first-order valence-electron chi connectivity index (χ1n) is 8.10. The summed E-state index contributed by atoms with van der Waals surface area (Å²) in [6.45, 7) is 1.77. The van der Waals surface area contributed by atoms with Gasteiger partial charge in [-0.1, -0.05) is 0 Å². The van der Waals surface area contributed by atoms with E-state index in [0.717, 1.165) is 32.2 Å². The Hall–Kier alpha value is -1.98. The number of likely N-dealkylation sites (tertiary alicyclic amines) is 1. The monoisotopic (exact) mass is 304 g/mol. The van der Waals surface area contributed by atoms with Crippen molar-refractivity contribution in [2.75, 3.05) is 19.6 Å². The average Bonchev–Trinajstić information content (AvgIpc) is 3.10. The Morgan fingerprint density at radius 2 is 2.00 bits per heavy atom. The molecule has 3 rings (SSSR count). The summed E-state index contributed by atoms with van der Waals surface area (Å²) in [5.41, 5.74) is 1.18. The van der Waals surface area contributed by atoms with Crippen LogP contribution in [0.1, 0.15) is 37.4 Å². The average molecular weight is 304 g/mol. The lowest BCUT2D eigenvalue weighted by Crippen LogP contribution is -2.43. The number of urea groups is 1. The van der Waals surface area contributed by atoms with Crippen LogP contribution in [0, 0.1) is 5.92 Å². The van der Waals surface area contributed by atoms with Crippen LogP contribution in [0.3, 0.4) is 0 Å². The van der Waals surface area contributed by atoms with E-state index in [9.17, 15) is 9.59 Å². The maximum absolute atomic E-state index is 12.3. The molecule has 1 aromatic heterocycles. The fraction of sp³-hybridized carbons (Fsp3) is 0.625. The minimum Gasteiger partial charge on any atom is -0.354 e. The van der Waals surface area contributed by atoms with Crippen LogP contribution in [0.5, 0.6) is 0 Å². The van der Waals surface area contributed by atoms with Gasteiger partial charge in [-0.25, -0.2) is 4.79 Å². The normalized spacial score (nSPS) is 21.0. The van der Waals surface area contributed by atoms with Gasteiger partial charge in [0.2, 0.25) is 5.91 Å². The SMILES string of the molecule is Cn1cccc1C1CCCN1C(=O)NCCNC(=O)C1CC1. The third kappa shape index (κ3) is 3.26. The summed E-state index contributed by atoms with van der Waals surface area (Å²) in [7, 11) is 2.01. The molecule has 6 nitrogen and oxygen atoms in total. The van der Waals surface area contributed by atoms with E-state index in [4.69, 9.17) is 0 Å². The van der Waals surface area contributed by atoms with E-state index < -0.39 is 0 Å². The summed E-state index contributed by atoms with van der Waals surface area (Å²) in [5, 5.41) is 5.78. The molecule has 0 bridgehead atoms. The van der Waals surface area contributed by atoms with E-state index >= 15 is 0 Å². The number of carbonyl (C=O) groups excluding carboxylic acids is 2. The maximum atomic E-state index is 12.3. The molecule has 0 spiro atoms. The van der Waals surface area contributed by atoms with Gasteiger partial charge in [-0.05, 0) is 37.8 Å². The largest absolute Gasteiger partial charge is 0.354 e. The minimum absolute atomic E-state index is 0.0376. The first-order valence-corrected chi connectivity index (χ1v) is 8.10. The third-order valence-electron chi connectivity index (χ3n) is 4.49. The van der Waals surface area contributed by atoms with Crippen molar-refractivity contribution < 1.29 is 9.59 Å². The van der Waals surface area contributed by atoms with Crippen LogP contribution in [-0.4, -0.2) is 41.0 Å². The van der Waals surface area contributed by atoms with E-state index in [1.165, 1.54) is 5.69 Å².